The molecule has 0 saturated carbocycles. The number of hydrogen-bond acceptors (Lipinski definition) is 8. The van der Waals surface area contributed by atoms with Crippen LogP contribution in [0.25, 0.3) is 21.9 Å². The fourth-order valence-electron chi connectivity index (χ4n) is 2.61. The standard InChI is InChI=1S/C19H14O8/c1-9(20)24-12-7-15(26-11(3)22)17-16(8-12)27-19-13(18(17)23)5-4-6-14(19)25-10(2)21/h4-8H,1-3H3. The summed E-state index contributed by atoms with van der Waals surface area (Å²) in [6.45, 7) is 3.59. The molecule has 0 N–H and O–H groups in total. The molecule has 0 atom stereocenters. The largest absolute Gasteiger partial charge is 0.452 e. The zero-order valence-electron chi connectivity index (χ0n) is 14.7. The fraction of sp³-hybridized carbons (Fsp3) is 0.158. The van der Waals surface area contributed by atoms with Crippen molar-refractivity contribution in [1.82, 2.24) is 0 Å². The highest BCUT2D eigenvalue weighted by atomic mass is 16.6. The molecule has 0 amide bonds. The predicted octanol–water partition coefficient (Wildman–Crippen LogP) is 2.72. The first-order valence-electron chi connectivity index (χ1n) is 7.85. The van der Waals surface area contributed by atoms with E-state index in [1.54, 1.807) is 0 Å². The van der Waals surface area contributed by atoms with Crippen molar-refractivity contribution >= 4 is 39.8 Å². The molecule has 8 nitrogen and oxygen atoms in total. The fourth-order valence-corrected chi connectivity index (χ4v) is 2.61. The zero-order chi connectivity index (χ0) is 19.7. The number of benzene rings is 2. The maximum Gasteiger partial charge on any atom is 0.308 e. The molecule has 0 spiro atoms. The van der Waals surface area contributed by atoms with E-state index in [2.05, 4.69) is 0 Å². The van der Waals surface area contributed by atoms with Crippen molar-refractivity contribution in [2.75, 3.05) is 0 Å². The van der Waals surface area contributed by atoms with Crippen molar-refractivity contribution in [2.45, 2.75) is 20.8 Å². The molecule has 0 bridgehead atoms. The normalized spacial score (nSPS) is 10.6. The second-order valence-electron chi connectivity index (χ2n) is 5.64. The van der Waals surface area contributed by atoms with E-state index in [1.165, 1.54) is 51.1 Å². The van der Waals surface area contributed by atoms with E-state index in [0.29, 0.717) is 0 Å². The summed E-state index contributed by atoms with van der Waals surface area (Å²) >= 11 is 0. The summed E-state index contributed by atoms with van der Waals surface area (Å²) in [5, 5.41) is 0.128. The molecule has 0 fully saturated rings. The second-order valence-corrected chi connectivity index (χ2v) is 5.64. The number of esters is 3. The molecular weight excluding hydrogens is 356 g/mol. The van der Waals surface area contributed by atoms with Crippen molar-refractivity contribution in [3.05, 3.63) is 40.6 Å². The summed E-state index contributed by atoms with van der Waals surface area (Å²) in [6, 6.07) is 7.06. The third-order valence-corrected chi connectivity index (χ3v) is 3.47. The average Bonchev–Trinajstić information content (AvgIpc) is 2.53. The minimum Gasteiger partial charge on any atom is -0.452 e. The van der Waals surface area contributed by atoms with Crippen LogP contribution in [0.5, 0.6) is 17.2 Å². The van der Waals surface area contributed by atoms with Gasteiger partial charge in [-0.15, -0.1) is 0 Å². The molecule has 0 aliphatic rings. The van der Waals surface area contributed by atoms with Crippen molar-refractivity contribution in [1.29, 1.82) is 0 Å². The summed E-state index contributed by atoms with van der Waals surface area (Å²) in [6.07, 6.45) is 0. The van der Waals surface area contributed by atoms with Crippen LogP contribution in [0.1, 0.15) is 20.8 Å². The van der Waals surface area contributed by atoms with E-state index < -0.39 is 23.3 Å². The van der Waals surface area contributed by atoms with Gasteiger partial charge in [0.05, 0.1) is 5.39 Å². The smallest absolute Gasteiger partial charge is 0.308 e. The van der Waals surface area contributed by atoms with Gasteiger partial charge in [0.25, 0.3) is 0 Å². The molecule has 138 valence electrons. The molecule has 0 aliphatic carbocycles. The molecule has 27 heavy (non-hydrogen) atoms. The highest BCUT2D eigenvalue weighted by molar-refractivity contribution is 5.97. The minimum atomic E-state index is -0.663. The lowest BCUT2D eigenvalue weighted by Gasteiger charge is -2.11. The first-order valence-corrected chi connectivity index (χ1v) is 7.85. The maximum atomic E-state index is 13.0. The number of rotatable bonds is 3. The van der Waals surface area contributed by atoms with Crippen molar-refractivity contribution in [3.63, 3.8) is 0 Å². The number of ether oxygens (including phenoxy) is 3. The molecule has 3 rings (SSSR count). The Labute approximate surface area is 152 Å². The Balaban J connectivity index is 2.39. The summed E-state index contributed by atoms with van der Waals surface area (Å²) in [4.78, 5) is 46.9. The second kappa shape index (κ2) is 6.91. The zero-order valence-corrected chi connectivity index (χ0v) is 14.7. The van der Waals surface area contributed by atoms with Crippen molar-refractivity contribution in [3.8, 4) is 17.2 Å². The van der Waals surface area contributed by atoms with E-state index in [1.807, 2.05) is 0 Å². The SMILES string of the molecule is CC(=O)Oc1cc(OC(C)=O)c2c(=O)c3cccc(OC(C)=O)c3oc2c1. The van der Waals surface area contributed by atoms with Gasteiger partial charge in [-0.1, -0.05) is 6.07 Å². The van der Waals surface area contributed by atoms with Crippen molar-refractivity contribution < 1.29 is 33.0 Å². The van der Waals surface area contributed by atoms with Gasteiger partial charge >= 0.3 is 17.9 Å². The van der Waals surface area contributed by atoms with E-state index >= 15 is 0 Å². The van der Waals surface area contributed by atoms with Crippen LogP contribution in [-0.2, 0) is 14.4 Å². The Hall–Kier alpha value is -3.68. The maximum absolute atomic E-state index is 13.0. The molecule has 0 radical (unpaired) electrons. The lowest BCUT2D eigenvalue weighted by atomic mass is 10.1. The molecule has 1 aromatic heterocycles. The molecule has 0 saturated heterocycles. The average molecular weight is 370 g/mol. The molecule has 2 aromatic carbocycles. The number of hydrogen-bond donors (Lipinski definition) is 0. The summed E-state index contributed by atoms with van der Waals surface area (Å²) in [7, 11) is 0. The molecule has 0 unspecified atom stereocenters. The lowest BCUT2D eigenvalue weighted by Crippen LogP contribution is -2.10. The highest BCUT2D eigenvalue weighted by Crippen LogP contribution is 2.34. The van der Waals surface area contributed by atoms with Gasteiger partial charge in [0.1, 0.15) is 22.5 Å². The molecule has 8 heteroatoms. The molecule has 1 heterocycles. The lowest BCUT2D eigenvalue weighted by molar-refractivity contribution is -0.133. The Morgan fingerprint density at radius 3 is 2.11 bits per heavy atom. The van der Waals surface area contributed by atoms with Gasteiger partial charge in [0.2, 0.25) is 5.43 Å². The summed E-state index contributed by atoms with van der Waals surface area (Å²) in [5.74, 6) is -1.87. The van der Waals surface area contributed by atoms with Gasteiger partial charge in [0, 0.05) is 32.9 Å². The van der Waals surface area contributed by atoms with Gasteiger partial charge in [-0.25, -0.2) is 0 Å². The van der Waals surface area contributed by atoms with Crippen LogP contribution in [0.2, 0.25) is 0 Å². The summed E-state index contributed by atoms with van der Waals surface area (Å²) < 4.78 is 20.9. The van der Waals surface area contributed by atoms with E-state index in [9.17, 15) is 19.2 Å². The van der Waals surface area contributed by atoms with Crippen LogP contribution in [-0.4, -0.2) is 17.9 Å². The van der Waals surface area contributed by atoms with Gasteiger partial charge in [-0.3, -0.25) is 19.2 Å². The van der Waals surface area contributed by atoms with Crippen LogP contribution < -0.4 is 19.6 Å². The van der Waals surface area contributed by atoms with E-state index in [0.717, 1.165) is 0 Å². The van der Waals surface area contributed by atoms with Gasteiger partial charge < -0.3 is 18.6 Å². The number of carbonyl (C=O) groups is 3. The number of fused-ring (bicyclic) bond motifs is 2. The third kappa shape index (κ3) is 3.64. The van der Waals surface area contributed by atoms with Crippen LogP contribution in [0.4, 0.5) is 0 Å². The van der Waals surface area contributed by atoms with E-state index in [4.69, 9.17) is 18.6 Å². The van der Waals surface area contributed by atoms with Gasteiger partial charge in [0.15, 0.2) is 11.3 Å². The van der Waals surface area contributed by atoms with Crippen LogP contribution >= 0.6 is 0 Å². The Kier molecular flexibility index (Phi) is 4.64. The number of carbonyl (C=O) groups excluding carboxylic acids is 3. The topological polar surface area (TPSA) is 109 Å². The Morgan fingerprint density at radius 1 is 0.852 bits per heavy atom. The van der Waals surface area contributed by atoms with Crippen LogP contribution in [0, 0.1) is 0 Å². The Bertz CT molecular complexity index is 1160. The summed E-state index contributed by atoms with van der Waals surface area (Å²) in [5.41, 5.74) is -0.452. The Morgan fingerprint density at radius 2 is 1.48 bits per heavy atom. The first kappa shape index (κ1) is 18.1. The highest BCUT2D eigenvalue weighted by Gasteiger charge is 2.19. The molecule has 3 aromatic rings. The van der Waals surface area contributed by atoms with Gasteiger partial charge in [-0.05, 0) is 12.1 Å². The third-order valence-electron chi connectivity index (χ3n) is 3.47. The minimum absolute atomic E-state index is 0.00195. The van der Waals surface area contributed by atoms with Crippen LogP contribution in [0.15, 0.2) is 39.5 Å². The monoisotopic (exact) mass is 370 g/mol. The predicted molar refractivity (Wildman–Crippen MR) is 93.9 cm³/mol. The molecule has 0 aliphatic heterocycles. The number of para-hydroxylation sites is 1. The van der Waals surface area contributed by atoms with Crippen LogP contribution in [0.3, 0.4) is 0 Å². The quantitative estimate of drug-likeness (QED) is 0.393. The van der Waals surface area contributed by atoms with Crippen molar-refractivity contribution in [2.24, 2.45) is 0 Å². The first-order chi connectivity index (χ1) is 12.8. The molecular formula is C19H14O8. The van der Waals surface area contributed by atoms with Gasteiger partial charge in [-0.2, -0.15) is 0 Å². The van der Waals surface area contributed by atoms with E-state index in [-0.39, 0.29) is 39.2 Å².